The molecule has 3 atom stereocenters. The van der Waals surface area contributed by atoms with E-state index in [2.05, 4.69) is 36.8 Å². The fourth-order valence-corrected chi connectivity index (χ4v) is 12.0. The summed E-state index contributed by atoms with van der Waals surface area (Å²) < 4.78 is 64.8. The highest BCUT2D eigenvalue weighted by atomic mass is 35.5. The normalized spacial score (nSPS) is 20.2. The van der Waals surface area contributed by atoms with Crippen LogP contribution in [-0.2, 0) is 27.7 Å². The summed E-state index contributed by atoms with van der Waals surface area (Å²) in [6, 6.07) is 12.9. The molecule has 19 heteroatoms. The first-order chi connectivity index (χ1) is 31.2. The smallest absolute Gasteiger partial charge is 0.345 e. The molecule has 0 aliphatic carbocycles. The molecular weight excluding hydrogens is 919 g/mol. The second-order valence-electron chi connectivity index (χ2n) is 16.6. The van der Waals surface area contributed by atoms with Crippen molar-refractivity contribution in [3.05, 3.63) is 105 Å². The highest BCUT2D eigenvalue weighted by Crippen LogP contribution is 2.53. The minimum absolute atomic E-state index is 0.00209. The van der Waals surface area contributed by atoms with E-state index in [0.717, 1.165) is 26.2 Å². The topological polar surface area (TPSA) is 166 Å². The van der Waals surface area contributed by atoms with Gasteiger partial charge in [-0.25, -0.2) is 37.5 Å². The van der Waals surface area contributed by atoms with Crippen LogP contribution >= 0.6 is 34.5 Å². The summed E-state index contributed by atoms with van der Waals surface area (Å²) in [5.41, 5.74) is 4.16. The summed E-state index contributed by atoms with van der Waals surface area (Å²) in [4.78, 5) is 37.2. The van der Waals surface area contributed by atoms with Crippen molar-refractivity contribution in [3.8, 4) is 44.7 Å². The van der Waals surface area contributed by atoms with Crippen molar-refractivity contribution in [3.63, 3.8) is 0 Å². The summed E-state index contributed by atoms with van der Waals surface area (Å²) in [7, 11) is -1.07. The Kier molecular flexibility index (Phi) is 12.9. The van der Waals surface area contributed by atoms with E-state index in [1.165, 1.54) is 29.8 Å². The molecule has 0 radical (unpaired) electrons. The Labute approximate surface area is 389 Å². The Hall–Kier alpha value is -5.17. The summed E-state index contributed by atoms with van der Waals surface area (Å²) in [6.07, 6.45) is 1.10. The summed E-state index contributed by atoms with van der Waals surface area (Å²) in [5.74, 6) is -0.395. The lowest BCUT2D eigenvalue weighted by Crippen LogP contribution is -2.49. The highest BCUT2D eigenvalue weighted by Gasteiger charge is 2.33. The van der Waals surface area contributed by atoms with Gasteiger partial charge < -0.3 is 29.0 Å². The summed E-state index contributed by atoms with van der Waals surface area (Å²) in [5, 5.41) is 11.8. The lowest BCUT2D eigenvalue weighted by Gasteiger charge is -2.35. The van der Waals surface area contributed by atoms with Gasteiger partial charge in [-0.3, -0.25) is 4.90 Å². The minimum atomic E-state index is -3.16. The number of rotatable bonds is 8. The van der Waals surface area contributed by atoms with Crippen LogP contribution in [0.3, 0.4) is 0 Å². The number of fused-ring (bicyclic) bond motifs is 7. The Morgan fingerprint density at radius 3 is 2.45 bits per heavy atom. The van der Waals surface area contributed by atoms with Gasteiger partial charge in [0.15, 0.2) is 15.6 Å². The van der Waals surface area contributed by atoms with Gasteiger partial charge in [0.25, 0.3) is 0 Å². The molecule has 6 aromatic rings. The van der Waals surface area contributed by atoms with Gasteiger partial charge in [-0.05, 0) is 86.0 Å². The molecule has 4 aliphatic rings. The maximum absolute atomic E-state index is 14.3. The molecule has 0 spiro atoms. The molecule has 0 saturated carbocycles. The van der Waals surface area contributed by atoms with Crippen molar-refractivity contribution in [2.24, 2.45) is 0 Å². The maximum Gasteiger partial charge on any atom is 0.345 e. The van der Waals surface area contributed by atoms with Crippen LogP contribution in [0.15, 0.2) is 61.1 Å². The quantitative estimate of drug-likeness (QED) is 0.157. The van der Waals surface area contributed by atoms with Crippen molar-refractivity contribution in [2.75, 3.05) is 57.9 Å². The van der Waals surface area contributed by atoms with Gasteiger partial charge in [-0.15, -0.1) is 11.3 Å². The van der Waals surface area contributed by atoms with Crippen molar-refractivity contribution in [2.45, 2.75) is 51.4 Å². The molecule has 10 rings (SSSR count). The van der Waals surface area contributed by atoms with Crippen LogP contribution in [-0.4, -0.2) is 119 Å². The molecule has 1 unspecified atom stereocenters. The largest absolute Gasteiger partial charge is 0.490 e. The molecule has 340 valence electrons. The van der Waals surface area contributed by atoms with Crippen molar-refractivity contribution in [1.29, 1.82) is 0 Å². The number of halogens is 3. The molecule has 7 heterocycles. The Bertz CT molecular complexity index is 2870. The molecule has 1 N–H and O–H groups in total. The number of aliphatic carboxylic acids is 1. The fraction of sp³-hybridized carbons (Fsp3) is 0.370. The average molecular weight is 964 g/mol. The lowest BCUT2D eigenvalue weighted by atomic mass is 9.92. The van der Waals surface area contributed by atoms with Crippen molar-refractivity contribution in [1.82, 2.24) is 29.7 Å². The molecule has 3 aromatic carbocycles. The zero-order chi connectivity index (χ0) is 45.6. The lowest BCUT2D eigenvalue weighted by molar-refractivity contribution is -0.145. The summed E-state index contributed by atoms with van der Waals surface area (Å²) >= 11 is 15.9. The number of likely N-dealkylation sites (N-methyl/N-ethyl adjacent to an activating group) is 1. The molecule has 2 saturated heterocycles. The number of thiophene rings is 1. The average Bonchev–Trinajstić information content (AvgIpc) is 3.86. The number of ether oxygens (including phenoxy) is 4. The van der Waals surface area contributed by atoms with Crippen LogP contribution < -0.4 is 18.9 Å². The van der Waals surface area contributed by atoms with Crippen LogP contribution in [0.25, 0.3) is 31.8 Å². The van der Waals surface area contributed by atoms with Gasteiger partial charge in [0.1, 0.15) is 53.6 Å². The number of sulfone groups is 1. The Morgan fingerprint density at radius 2 is 1.74 bits per heavy atom. The van der Waals surface area contributed by atoms with E-state index in [9.17, 15) is 22.7 Å². The molecule has 65 heavy (non-hydrogen) atoms. The third-order valence-corrected chi connectivity index (χ3v) is 15.9. The number of carboxylic acid groups (broad SMARTS) is 1. The van der Waals surface area contributed by atoms with Gasteiger partial charge in [0.2, 0.25) is 12.0 Å². The fourth-order valence-electron chi connectivity index (χ4n) is 8.55. The Balaban J connectivity index is 1.16. The number of piperazine rings is 1. The van der Waals surface area contributed by atoms with Gasteiger partial charge in [-0.1, -0.05) is 35.3 Å². The SMILES string of the molecule is Cc1c(Cl)c2c(Cl)c(C)c1-c1c(-c3ccc(F)cc3)sc3ncnc(c13)O[C@@H](C(=O)O)Cc1cc(ccc1OCc1ccnc(C3CCS(=O)(=O)C3)n1)OC[C@@H](CN1CCN(C)CC1)O2. The Morgan fingerprint density at radius 1 is 0.985 bits per heavy atom. The van der Waals surface area contributed by atoms with E-state index in [-0.39, 0.29) is 53.0 Å². The number of hydrogen-bond acceptors (Lipinski definition) is 14. The van der Waals surface area contributed by atoms with E-state index in [0.29, 0.717) is 90.2 Å². The second-order valence-corrected chi connectivity index (χ2v) is 20.6. The molecular formula is C46H45Cl2FN6O8S2. The maximum atomic E-state index is 14.3. The van der Waals surface area contributed by atoms with Crippen molar-refractivity contribution >= 4 is 60.6 Å². The number of carboxylic acids is 1. The molecule has 4 bridgehead atoms. The first-order valence-corrected chi connectivity index (χ1v) is 24.5. The minimum Gasteiger partial charge on any atom is -0.490 e. The zero-order valence-electron chi connectivity index (χ0n) is 35.7. The molecule has 3 aromatic heterocycles. The van der Waals surface area contributed by atoms with E-state index in [4.69, 9.17) is 42.1 Å². The van der Waals surface area contributed by atoms with Crippen LogP contribution in [0.2, 0.25) is 10.0 Å². The van der Waals surface area contributed by atoms with Crippen LogP contribution in [0.4, 0.5) is 4.39 Å². The predicted molar refractivity (Wildman–Crippen MR) is 246 cm³/mol. The van der Waals surface area contributed by atoms with Gasteiger partial charge in [0, 0.05) is 67.3 Å². The van der Waals surface area contributed by atoms with Gasteiger partial charge in [-0.2, -0.15) is 0 Å². The zero-order valence-corrected chi connectivity index (χ0v) is 38.9. The number of nitrogens with zero attached hydrogens (tertiary/aromatic N) is 6. The molecule has 4 aliphatic heterocycles. The summed E-state index contributed by atoms with van der Waals surface area (Å²) in [6.45, 7) is 7.70. The van der Waals surface area contributed by atoms with E-state index in [1.54, 1.807) is 42.6 Å². The van der Waals surface area contributed by atoms with Crippen LogP contribution in [0, 0.1) is 19.7 Å². The standard InChI is InChI=1S/C46H45Cl2FN6O8S2/c1-25-36-26(2)40(48)41(39(25)47)62-33(20-55-15-13-54(3)14-16-55)22-60-32-8-9-34(61-21-31-10-12-50-43(53-31)28-11-17-65(58,59)23-28)29(18-32)19-35(46(56)57)63-44-38-37(36)42(64-45(38)52-24-51-44)27-4-6-30(49)7-5-27/h4-10,12,18,24,28,33,35H,11,13-17,19-23H2,1-3H3,(H,56,57)/t28?,33-,35-/m1/s1. The first-order valence-electron chi connectivity index (χ1n) is 21.1. The molecule has 14 nitrogen and oxygen atoms in total. The van der Waals surface area contributed by atoms with Crippen molar-refractivity contribution < 1.29 is 41.7 Å². The van der Waals surface area contributed by atoms with Gasteiger partial charge >= 0.3 is 5.97 Å². The van der Waals surface area contributed by atoms with E-state index >= 15 is 0 Å². The third-order valence-electron chi connectivity index (χ3n) is 12.1. The van der Waals surface area contributed by atoms with Crippen LogP contribution in [0.5, 0.6) is 23.1 Å². The number of carbonyl (C=O) groups is 1. The van der Waals surface area contributed by atoms with E-state index in [1.807, 2.05) is 13.8 Å². The predicted octanol–water partition coefficient (Wildman–Crippen LogP) is 7.82. The molecule has 0 amide bonds. The second kappa shape index (κ2) is 18.6. The van der Waals surface area contributed by atoms with Gasteiger partial charge in [0.05, 0.1) is 32.6 Å². The van der Waals surface area contributed by atoms with E-state index < -0.39 is 33.8 Å². The number of aromatic nitrogens is 4. The third kappa shape index (κ3) is 9.58. The molecule has 2 fully saturated rings. The number of hydrogen-bond donors (Lipinski definition) is 1. The number of benzene rings is 3. The van der Waals surface area contributed by atoms with Crippen LogP contribution in [0.1, 0.15) is 40.5 Å². The highest BCUT2D eigenvalue weighted by molar-refractivity contribution is 7.91. The first kappa shape index (κ1) is 45.0. The monoisotopic (exact) mass is 962 g/mol.